The van der Waals surface area contributed by atoms with E-state index in [-0.39, 0.29) is 10.9 Å². The SMILES string of the molecule is COCCN(C(C)C1CC1)S(=O)(=O)c1ccc(C)c(N)c1. The molecule has 1 saturated carbocycles. The second-order valence-electron chi connectivity index (χ2n) is 5.70. The fourth-order valence-corrected chi connectivity index (χ4v) is 4.16. The van der Waals surface area contributed by atoms with E-state index >= 15 is 0 Å². The minimum atomic E-state index is -3.54. The first-order valence-corrected chi connectivity index (χ1v) is 8.69. The van der Waals surface area contributed by atoms with Crippen molar-refractivity contribution >= 4 is 15.7 Å². The Labute approximate surface area is 127 Å². The number of aryl methyl sites for hydroxylation is 1. The Kier molecular flexibility index (Phi) is 4.91. The van der Waals surface area contributed by atoms with E-state index < -0.39 is 10.0 Å². The summed E-state index contributed by atoms with van der Waals surface area (Å²) in [5.41, 5.74) is 7.24. The molecular formula is C15H24N2O3S. The van der Waals surface area contributed by atoms with Gasteiger partial charge in [0, 0.05) is 25.4 Å². The Bertz CT molecular complexity index is 597. The van der Waals surface area contributed by atoms with Crippen molar-refractivity contribution in [3.8, 4) is 0 Å². The van der Waals surface area contributed by atoms with Gasteiger partial charge in [-0.25, -0.2) is 8.42 Å². The molecule has 1 aromatic carbocycles. The molecule has 0 bridgehead atoms. The number of sulfonamides is 1. The Morgan fingerprint density at radius 1 is 1.43 bits per heavy atom. The molecule has 1 unspecified atom stereocenters. The maximum absolute atomic E-state index is 12.9. The van der Waals surface area contributed by atoms with Crippen molar-refractivity contribution in [3.63, 3.8) is 0 Å². The van der Waals surface area contributed by atoms with Gasteiger partial charge in [-0.1, -0.05) is 6.07 Å². The van der Waals surface area contributed by atoms with Gasteiger partial charge in [0.15, 0.2) is 0 Å². The standard InChI is InChI=1S/C15H24N2O3S/c1-11-4-7-14(10-15(11)16)21(18,19)17(8-9-20-3)12(2)13-5-6-13/h4,7,10,12-13H,5-6,8-9,16H2,1-3H3. The predicted molar refractivity (Wildman–Crippen MR) is 83.5 cm³/mol. The van der Waals surface area contributed by atoms with E-state index in [1.54, 1.807) is 29.6 Å². The molecule has 0 heterocycles. The van der Waals surface area contributed by atoms with E-state index in [1.165, 1.54) is 0 Å². The van der Waals surface area contributed by atoms with E-state index in [0.29, 0.717) is 24.8 Å². The van der Waals surface area contributed by atoms with E-state index in [4.69, 9.17) is 10.5 Å². The van der Waals surface area contributed by atoms with Crippen molar-refractivity contribution in [1.82, 2.24) is 4.31 Å². The first kappa shape index (κ1) is 16.3. The highest BCUT2D eigenvalue weighted by Crippen LogP contribution is 2.37. The maximum Gasteiger partial charge on any atom is 0.243 e. The highest BCUT2D eigenvalue weighted by Gasteiger charge is 2.38. The Hall–Kier alpha value is -1.11. The number of ether oxygens (including phenoxy) is 1. The second kappa shape index (κ2) is 6.34. The monoisotopic (exact) mass is 312 g/mol. The molecule has 1 atom stereocenters. The molecule has 2 rings (SSSR count). The third-order valence-electron chi connectivity index (χ3n) is 4.13. The van der Waals surface area contributed by atoms with E-state index in [9.17, 15) is 8.42 Å². The molecule has 1 aliphatic carbocycles. The van der Waals surface area contributed by atoms with Crippen molar-refractivity contribution in [3.05, 3.63) is 23.8 Å². The van der Waals surface area contributed by atoms with Gasteiger partial charge in [-0.3, -0.25) is 0 Å². The van der Waals surface area contributed by atoms with Crippen molar-refractivity contribution < 1.29 is 13.2 Å². The van der Waals surface area contributed by atoms with Crippen LogP contribution in [0.15, 0.2) is 23.1 Å². The number of benzene rings is 1. The zero-order valence-corrected chi connectivity index (χ0v) is 13.7. The summed E-state index contributed by atoms with van der Waals surface area (Å²) in [5, 5.41) is 0. The lowest BCUT2D eigenvalue weighted by Gasteiger charge is -2.28. The lowest BCUT2D eigenvalue weighted by molar-refractivity contribution is 0.164. The Morgan fingerprint density at radius 3 is 2.62 bits per heavy atom. The number of nitrogen functional groups attached to an aromatic ring is 1. The maximum atomic E-state index is 12.9. The zero-order valence-electron chi connectivity index (χ0n) is 12.9. The fourth-order valence-electron chi connectivity index (χ4n) is 2.45. The van der Waals surface area contributed by atoms with Gasteiger partial charge >= 0.3 is 0 Å². The van der Waals surface area contributed by atoms with Crippen LogP contribution in [0.5, 0.6) is 0 Å². The van der Waals surface area contributed by atoms with Gasteiger partial charge in [-0.05, 0) is 50.3 Å². The van der Waals surface area contributed by atoms with Gasteiger partial charge in [-0.15, -0.1) is 0 Å². The van der Waals surface area contributed by atoms with Gasteiger partial charge in [0.05, 0.1) is 11.5 Å². The lowest BCUT2D eigenvalue weighted by Crippen LogP contribution is -2.41. The van der Waals surface area contributed by atoms with Crippen LogP contribution < -0.4 is 5.73 Å². The summed E-state index contributed by atoms with van der Waals surface area (Å²) >= 11 is 0. The average Bonchev–Trinajstić information content (AvgIpc) is 3.26. The molecule has 5 nitrogen and oxygen atoms in total. The first-order valence-electron chi connectivity index (χ1n) is 7.25. The minimum Gasteiger partial charge on any atom is -0.398 e. The van der Waals surface area contributed by atoms with Crippen LogP contribution in [0.2, 0.25) is 0 Å². The normalized spacial score (nSPS) is 17.1. The molecule has 0 radical (unpaired) electrons. The third-order valence-corrected chi connectivity index (χ3v) is 6.11. The fraction of sp³-hybridized carbons (Fsp3) is 0.600. The molecule has 118 valence electrons. The summed E-state index contributed by atoms with van der Waals surface area (Å²) in [4.78, 5) is 0.259. The Balaban J connectivity index is 2.33. The zero-order chi connectivity index (χ0) is 15.6. The van der Waals surface area contributed by atoms with Crippen LogP contribution in [-0.2, 0) is 14.8 Å². The predicted octanol–water partition coefficient (Wildman–Crippen LogP) is 2.01. The van der Waals surface area contributed by atoms with Crippen molar-refractivity contribution in [1.29, 1.82) is 0 Å². The summed E-state index contributed by atoms with van der Waals surface area (Å²) < 4.78 is 32.4. The quantitative estimate of drug-likeness (QED) is 0.782. The summed E-state index contributed by atoms with van der Waals surface area (Å²) in [6.07, 6.45) is 2.19. The van der Waals surface area contributed by atoms with Crippen LogP contribution in [-0.4, -0.2) is 39.0 Å². The van der Waals surface area contributed by atoms with Gasteiger partial charge < -0.3 is 10.5 Å². The third kappa shape index (κ3) is 3.56. The highest BCUT2D eigenvalue weighted by atomic mass is 32.2. The van der Waals surface area contributed by atoms with Gasteiger partial charge in [-0.2, -0.15) is 4.31 Å². The number of rotatable bonds is 7. The topological polar surface area (TPSA) is 72.6 Å². The van der Waals surface area contributed by atoms with Crippen molar-refractivity contribution in [2.45, 2.75) is 37.6 Å². The molecule has 1 aromatic rings. The number of methoxy groups -OCH3 is 1. The molecular weight excluding hydrogens is 288 g/mol. The smallest absolute Gasteiger partial charge is 0.243 e. The van der Waals surface area contributed by atoms with E-state index in [2.05, 4.69) is 0 Å². The molecule has 0 spiro atoms. The molecule has 1 fully saturated rings. The molecule has 0 saturated heterocycles. The van der Waals surface area contributed by atoms with Crippen molar-refractivity contribution in [2.24, 2.45) is 5.92 Å². The van der Waals surface area contributed by atoms with Crippen molar-refractivity contribution in [2.75, 3.05) is 26.0 Å². The molecule has 6 heteroatoms. The number of hydrogen-bond donors (Lipinski definition) is 1. The molecule has 2 N–H and O–H groups in total. The second-order valence-corrected chi connectivity index (χ2v) is 7.60. The molecule has 1 aliphatic rings. The summed E-state index contributed by atoms with van der Waals surface area (Å²) in [7, 11) is -1.96. The van der Waals surface area contributed by atoms with Crippen LogP contribution in [0.4, 0.5) is 5.69 Å². The van der Waals surface area contributed by atoms with Gasteiger partial charge in [0.2, 0.25) is 10.0 Å². The van der Waals surface area contributed by atoms with Crippen LogP contribution in [0, 0.1) is 12.8 Å². The minimum absolute atomic E-state index is 0.00678. The summed E-state index contributed by atoms with van der Waals surface area (Å²) in [6, 6.07) is 4.91. The molecule has 0 aliphatic heterocycles. The summed E-state index contributed by atoms with van der Waals surface area (Å²) in [5.74, 6) is 0.458. The Morgan fingerprint density at radius 2 is 2.10 bits per heavy atom. The number of hydrogen-bond acceptors (Lipinski definition) is 4. The van der Waals surface area contributed by atoms with E-state index in [1.807, 2.05) is 13.8 Å². The van der Waals surface area contributed by atoms with Crippen LogP contribution in [0.3, 0.4) is 0 Å². The first-order chi connectivity index (χ1) is 9.87. The lowest BCUT2D eigenvalue weighted by atomic mass is 10.2. The van der Waals surface area contributed by atoms with Crippen LogP contribution >= 0.6 is 0 Å². The largest absolute Gasteiger partial charge is 0.398 e. The highest BCUT2D eigenvalue weighted by molar-refractivity contribution is 7.89. The average molecular weight is 312 g/mol. The van der Waals surface area contributed by atoms with Crippen LogP contribution in [0.1, 0.15) is 25.3 Å². The number of nitrogens with two attached hydrogens (primary N) is 1. The van der Waals surface area contributed by atoms with Gasteiger partial charge in [0.25, 0.3) is 0 Å². The number of nitrogens with zero attached hydrogens (tertiary/aromatic N) is 1. The number of anilines is 1. The van der Waals surface area contributed by atoms with Crippen LogP contribution in [0.25, 0.3) is 0 Å². The van der Waals surface area contributed by atoms with E-state index in [0.717, 1.165) is 18.4 Å². The molecule has 21 heavy (non-hydrogen) atoms. The molecule has 0 aromatic heterocycles. The molecule has 0 amide bonds. The summed E-state index contributed by atoms with van der Waals surface area (Å²) in [6.45, 7) is 4.59. The van der Waals surface area contributed by atoms with Gasteiger partial charge in [0.1, 0.15) is 0 Å².